The van der Waals surface area contributed by atoms with Crippen LogP contribution in [0, 0.1) is 17.8 Å². The number of aliphatic carboxylic acids is 1. The van der Waals surface area contributed by atoms with E-state index < -0.39 is 253 Å². The number of aliphatic hydroxyl groups excluding tert-OH is 2. The van der Waals surface area contributed by atoms with Crippen molar-refractivity contribution in [2.45, 2.75) is 274 Å². The Bertz CT molecular complexity index is 5060. The molecule has 1 heterocycles. The van der Waals surface area contributed by atoms with Gasteiger partial charge < -0.3 is 139 Å². The first kappa shape index (κ1) is 124. The summed E-state index contributed by atoms with van der Waals surface area (Å²) in [6.07, 6.45) is 5.21. The molecule has 0 radical (unpaired) electrons. The smallest absolute Gasteiger partial charge is 0.328 e. The Hall–Kier alpha value is -13.9. The maximum absolute atomic E-state index is 14.9. The molecule has 47 heteroatoms. The number of carbonyl (C=O) groups excluding carboxylic acids is 18. The van der Waals surface area contributed by atoms with Gasteiger partial charge in [-0.05, 0) is 163 Å². The molecule has 5 rings (SSSR count). The minimum Gasteiger partial charge on any atom is -0.480 e. The number of nitrogens with zero attached hydrogens (tertiary/aromatic N) is 1. The summed E-state index contributed by atoms with van der Waals surface area (Å²) in [6.45, 7) is 10.5. The minimum atomic E-state index is -1.82. The molecule has 0 aliphatic carbocycles. The Kier molecular flexibility index (Phi) is 55.7. The Morgan fingerprint density at radius 2 is 0.707 bits per heavy atom. The van der Waals surface area contributed by atoms with Crippen molar-refractivity contribution in [1.82, 2.24) is 100 Å². The third-order valence-corrected chi connectivity index (χ3v) is 24.6. The van der Waals surface area contributed by atoms with E-state index in [-0.39, 0.29) is 121 Å². The molecule has 18 amide bonds. The van der Waals surface area contributed by atoms with Gasteiger partial charge in [0.05, 0.1) is 38.5 Å². The molecular formula is C100H150N24O22S. The van der Waals surface area contributed by atoms with Gasteiger partial charge in [-0.25, -0.2) is 9.78 Å². The molecule has 31 N–H and O–H groups in total. The number of rotatable bonds is 69. The lowest BCUT2D eigenvalue weighted by Crippen LogP contribution is -2.62. The first-order valence-electron chi connectivity index (χ1n) is 49.4. The van der Waals surface area contributed by atoms with Gasteiger partial charge in [-0.3, -0.25) is 86.3 Å². The number of imidazole rings is 1. The quantitative estimate of drug-likeness (QED) is 0.0165. The fourth-order valence-corrected chi connectivity index (χ4v) is 15.8. The number of nitrogens with two attached hydrogens (primary N) is 5. The number of thioether (sulfide) groups is 1. The molecule has 0 aliphatic heterocycles. The molecule has 808 valence electrons. The van der Waals surface area contributed by atoms with Crippen LogP contribution in [0.25, 0.3) is 0 Å². The van der Waals surface area contributed by atoms with E-state index in [0.29, 0.717) is 41.6 Å². The number of primary amides is 1. The number of hydrogen-bond donors (Lipinski definition) is 26. The number of unbranched alkanes of at least 4 members (excludes halogenated alkanes) is 3. The van der Waals surface area contributed by atoms with Crippen LogP contribution < -0.4 is 119 Å². The molecule has 0 spiro atoms. The molecule has 0 saturated carbocycles. The second-order valence-corrected chi connectivity index (χ2v) is 37.8. The number of aromatic amines is 1. The molecule has 46 nitrogen and oxygen atoms in total. The molecule has 0 unspecified atom stereocenters. The van der Waals surface area contributed by atoms with Crippen LogP contribution in [0.5, 0.6) is 0 Å². The van der Waals surface area contributed by atoms with E-state index in [1.807, 2.05) is 25.2 Å². The number of nitrogens with one attached hydrogen (secondary N) is 18. The van der Waals surface area contributed by atoms with Crippen LogP contribution in [-0.4, -0.2) is 292 Å². The SMILES string of the molecule is CC[C@H](C)[C@H](NC(=O)[C@H](Cc1ccccc1)NC(=O)[C@@H](NC(=O)[C@H](Cc1ccccc1)NC(=O)[C@H](C)NC(=O)[C@H](CCCCN)NC(=O)CNC(=O)[C@H](Cc1ccccc1)NC(=O)[C@H](CCCCN)NC(=O)[C@H](CCCCN)NC(=O)[C@H](C)NC(=O)[C@H](CO)NC(=O)[C@H](Cc1cnc[nH]1)NC(=O)[C@H](CC(C)C)NC(=O)[C@@H](N)Cc1ccccc1)C(C)C)C(=O)N[C@@H](CCSC)C(=O)N[C@@H](CC(N)=O)C(=O)N[C@@H](CO)C(=O)O. The molecule has 5 aromatic rings. The normalized spacial score (nSPS) is 14.9. The number of H-pyrrole nitrogens is 1. The number of aromatic nitrogens is 2. The summed E-state index contributed by atoms with van der Waals surface area (Å²) in [7, 11) is 0. The van der Waals surface area contributed by atoms with E-state index in [1.54, 1.807) is 149 Å². The Morgan fingerprint density at radius 3 is 1.13 bits per heavy atom. The van der Waals surface area contributed by atoms with E-state index >= 15 is 0 Å². The average molecular weight is 2070 g/mol. The fourth-order valence-electron chi connectivity index (χ4n) is 15.3. The monoisotopic (exact) mass is 2070 g/mol. The van der Waals surface area contributed by atoms with Crippen LogP contribution in [0.1, 0.15) is 167 Å². The zero-order valence-electron chi connectivity index (χ0n) is 84.8. The van der Waals surface area contributed by atoms with E-state index in [2.05, 4.69) is 95.0 Å². The highest BCUT2D eigenvalue weighted by atomic mass is 32.2. The van der Waals surface area contributed by atoms with Gasteiger partial charge in [0.1, 0.15) is 96.7 Å². The molecule has 18 atom stereocenters. The average Bonchev–Trinajstić information content (AvgIpc) is 1.21. The highest BCUT2D eigenvalue weighted by Crippen LogP contribution is 2.19. The maximum atomic E-state index is 14.9. The van der Waals surface area contributed by atoms with Crippen molar-refractivity contribution < 1.29 is 106 Å². The molecular weight excluding hydrogens is 1920 g/mol. The van der Waals surface area contributed by atoms with Gasteiger partial charge in [-0.15, -0.1) is 0 Å². The molecule has 0 bridgehead atoms. The van der Waals surface area contributed by atoms with Crippen molar-refractivity contribution >= 4 is 124 Å². The lowest BCUT2D eigenvalue weighted by atomic mass is 9.96. The minimum absolute atomic E-state index is 0.0437. The zero-order valence-corrected chi connectivity index (χ0v) is 85.6. The molecule has 0 saturated heterocycles. The van der Waals surface area contributed by atoms with Crippen LogP contribution in [0.4, 0.5) is 0 Å². The predicted octanol–water partition coefficient (Wildman–Crippen LogP) is -4.00. The molecule has 1 aromatic heterocycles. The van der Waals surface area contributed by atoms with Crippen LogP contribution >= 0.6 is 11.8 Å². The van der Waals surface area contributed by atoms with Crippen molar-refractivity contribution in [3.05, 3.63) is 162 Å². The lowest BCUT2D eigenvalue weighted by Gasteiger charge is -2.30. The summed E-state index contributed by atoms with van der Waals surface area (Å²) >= 11 is 1.29. The number of carbonyl (C=O) groups is 19. The Morgan fingerprint density at radius 1 is 0.367 bits per heavy atom. The van der Waals surface area contributed by atoms with Gasteiger partial charge in [0.25, 0.3) is 0 Å². The van der Waals surface area contributed by atoms with Gasteiger partial charge in [-0.2, -0.15) is 11.8 Å². The number of carboxylic acids is 1. The van der Waals surface area contributed by atoms with Crippen molar-refractivity contribution in [3.63, 3.8) is 0 Å². The summed E-state index contributed by atoms with van der Waals surface area (Å²) < 4.78 is 0. The third kappa shape index (κ3) is 44.9. The standard InChI is InChI=1S/C100H150N24O22S/c1-10-59(6)83(99(144)114-71(40-44-147-9)91(136)119-77(51-80(105)127)94(139)122-79(55-126)100(145)146)124-96(141)75(49-65-35-21-14-22-36-65)120-98(143)82(58(4)5)123-95(140)74(48-64-33-19-13-20-34-64)115-85(130)61(8)109-88(133)68(37-23-26-41-101)111-81(128)53-107-87(132)73(47-63-31-17-12-18-32-63)117-90(135)70(39-25-28-43-103)113-89(134)69(38-24-27-42-102)112-84(129)60(7)110-97(142)78(54-125)121-93(138)76(50-66-52-106-56-108-66)118-92(137)72(45-57(2)3)116-86(131)67(104)46-62-29-15-11-16-30-62/h11-22,29-36,52,56-61,67-79,82-83,125-126H,10,23-28,37-51,53-55,101-104H2,1-9H3,(H2,105,127)(H,106,108)(H,107,132)(H,109,133)(H,110,142)(H,111,128)(H,112,129)(H,113,134)(H,114,144)(H,115,130)(H,116,131)(H,117,135)(H,118,137)(H,119,136)(H,120,143)(H,121,138)(H,122,139)(H,123,140)(H,124,141)(H,145,146)/t59-,60-,61-,67-,68-,69-,70-,71-,72-,73-,74-,75-,76-,77-,78-,79-,82-,83-/m0/s1. The van der Waals surface area contributed by atoms with E-state index in [0.717, 1.165) is 5.56 Å². The van der Waals surface area contributed by atoms with Gasteiger partial charge in [0.2, 0.25) is 106 Å². The Balaban J connectivity index is 1.30. The lowest BCUT2D eigenvalue weighted by molar-refractivity contribution is -0.143. The number of hydrogen-bond acceptors (Lipinski definition) is 27. The third-order valence-electron chi connectivity index (χ3n) is 24.0. The summed E-state index contributed by atoms with van der Waals surface area (Å²) in [6, 6.07) is 9.63. The topological polar surface area (TPSA) is 748 Å². The Labute approximate surface area is 859 Å². The number of amides is 18. The van der Waals surface area contributed by atoms with E-state index in [4.69, 9.17) is 28.7 Å². The van der Waals surface area contributed by atoms with Crippen molar-refractivity contribution in [2.24, 2.45) is 46.4 Å². The van der Waals surface area contributed by atoms with Gasteiger partial charge in [-0.1, -0.05) is 169 Å². The number of aliphatic hydroxyl groups is 2. The van der Waals surface area contributed by atoms with Gasteiger partial charge in [0, 0.05) is 37.6 Å². The number of benzene rings is 4. The van der Waals surface area contributed by atoms with Crippen LogP contribution in [0.3, 0.4) is 0 Å². The predicted molar refractivity (Wildman–Crippen MR) is 547 cm³/mol. The summed E-state index contributed by atoms with van der Waals surface area (Å²) in [5, 5.41) is 73.6. The van der Waals surface area contributed by atoms with Gasteiger partial charge in [0.15, 0.2) is 0 Å². The second-order valence-electron chi connectivity index (χ2n) is 36.9. The van der Waals surface area contributed by atoms with Crippen molar-refractivity contribution in [2.75, 3.05) is 51.4 Å². The zero-order chi connectivity index (χ0) is 109. The summed E-state index contributed by atoms with van der Waals surface area (Å²) in [5.41, 5.74) is 32.1. The molecule has 0 fully saturated rings. The van der Waals surface area contributed by atoms with Crippen LogP contribution in [0.2, 0.25) is 0 Å². The molecule has 0 aliphatic rings. The second kappa shape index (κ2) is 66.3. The largest absolute Gasteiger partial charge is 0.480 e. The number of carboxylic acid groups (broad SMARTS) is 1. The first-order chi connectivity index (χ1) is 70.1. The fraction of sp³-hybridized carbons (Fsp3) is 0.540. The molecule has 147 heavy (non-hydrogen) atoms. The highest BCUT2D eigenvalue weighted by Gasteiger charge is 2.41. The summed E-state index contributed by atoms with van der Waals surface area (Å²) in [4.78, 5) is 274. The van der Waals surface area contributed by atoms with Crippen molar-refractivity contribution in [1.29, 1.82) is 0 Å². The van der Waals surface area contributed by atoms with E-state index in [1.165, 1.54) is 38.1 Å². The first-order valence-corrected chi connectivity index (χ1v) is 50.8. The molecule has 4 aromatic carbocycles. The summed E-state index contributed by atoms with van der Waals surface area (Å²) in [5.74, 6) is -19.3. The highest BCUT2D eigenvalue weighted by molar-refractivity contribution is 7.98. The van der Waals surface area contributed by atoms with Crippen LogP contribution in [-0.2, 0) is 123 Å². The van der Waals surface area contributed by atoms with Crippen molar-refractivity contribution in [3.8, 4) is 0 Å². The van der Waals surface area contributed by atoms with E-state index in [9.17, 15) is 106 Å². The maximum Gasteiger partial charge on any atom is 0.328 e. The van der Waals surface area contributed by atoms with Gasteiger partial charge >= 0.3 is 5.97 Å². The van der Waals surface area contributed by atoms with Crippen LogP contribution in [0.15, 0.2) is 134 Å².